The zero-order valence-corrected chi connectivity index (χ0v) is 11.9. The topological polar surface area (TPSA) is 73.9 Å². The number of nitrogens with two attached hydrogens (primary N) is 1. The molecule has 0 aliphatic rings. The molecule has 0 aliphatic heterocycles. The maximum atomic E-state index is 9.88. The van der Waals surface area contributed by atoms with E-state index in [2.05, 4.69) is 0 Å². The molecule has 1 atom stereocenters. The van der Waals surface area contributed by atoms with E-state index in [0.717, 1.165) is 0 Å². The van der Waals surface area contributed by atoms with E-state index in [0.29, 0.717) is 22.9 Å². The molecule has 0 amide bonds. The Bertz CT molecular complexity index is 574. The predicted molar refractivity (Wildman–Crippen MR) is 80.8 cm³/mol. The third kappa shape index (κ3) is 4.57. The second-order valence-corrected chi connectivity index (χ2v) is 4.50. The summed E-state index contributed by atoms with van der Waals surface area (Å²) >= 11 is 0. The van der Waals surface area contributed by atoms with E-state index in [1.54, 1.807) is 43.5 Å². The first-order valence-corrected chi connectivity index (χ1v) is 6.61. The first-order valence-electron chi connectivity index (χ1n) is 6.61. The van der Waals surface area contributed by atoms with Crippen molar-refractivity contribution in [3.05, 3.63) is 48.5 Å². The quantitative estimate of drug-likeness (QED) is 0.764. The van der Waals surface area contributed by atoms with Gasteiger partial charge in [-0.25, -0.2) is 0 Å². The molecule has 2 aromatic rings. The number of benzene rings is 2. The molecule has 0 spiro atoms. The summed E-state index contributed by atoms with van der Waals surface area (Å²) in [6.45, 7) is 0.237. The Morgan fingerprint density at radius 2 is 1.71 bits per heavy atom. The minimum absolute atomic E-state index is 0.114. The maximum Gasteiger partial charge on any atom is 0.161 e. The lowest BCUT2D eigenvalue weighted by molar-refractivity contribution is 0.0617. The van der Waals surface area contributed by atoms with Gasteiger partial charge in [0.05, 0.1) is 7.11 Å². The number of aliphatic hydroxyl groups is 1. The Kier molecular flexibility index (Phi) is 5.29. The minimum atomic E-state index is -0.753. The van der Waals surface area contributed by atoms with Crippen molar-refractivity contribution in [1.82, 2.24) is 0 Å². The van der Waals surface area contributed by atoms with E-state index in [9.17, 15) is 5.11 Å². The number of anilines is 1. The second-order valence-electron chi connectivity index (χ2n) is 4.50. The van der Waals surface area contributed by atoms with Crippen LogP contribution in [0.2, 0.25) is 0 Å². The van der Waals surface area contributed by atoms with E-state index in [-0.39, 0.29) is 13.2 Å². The van der Waals surface area contributed by atoms with Crippen LogP contribution < -0.4 is 19.9 Å². The highest BCUT2D eigenvalue weighted by Crippen LogP contribution is 2.25. The molecule has 0 aromatic heterocycles. The van der Waals surface area contributed by atoms with E-state index < -0.39 is 6.10 Å². The maximum absolute atomic E-state index is 9.88. The monoisotopic (exact) mass is 289 g/mol. The number of nitrogen functional groups attached to an aromatic ring is 1. The van der Waals surface area contributed by atoms with Gasteiger partial charge in [0.25, 0.3) is 0 Å². The fraction of sp³-hybridized carbons (Fsp3) is 0.250. The van der Waals surface area contributed by atoms with Gasteiger partial charge in [-0.05, 0) is 24.3 Å². The first kappa shape index (κ1) is 15.0. The van der Waals surface area contributed by atoms with E-state index in [4.69, 9.17) is 19.9 Å². The van der Waals surface area contributed by atoms with Crippen molar-refractivity contribution in [3.8, 4) is 17.2 Å². The van der Waals surface area contributed by atoms with Crippen LogP contribution in [-0.4, -0.2) is 31.5 Å². The number of hydrogen-bond donors (Lipinski definition) is 2. The van der Waals surface area contributed by atoms with Crippen molar-refractivity contribution in [1.29, 1.82) is 0 Å². The third-order valence-electron chi connectivity index (χ3n) is 2.80. The van der Waals surface area contributed by atoms with Crippen molar-refractivity contribution in [2.45, 2.75) is 6.10 Å². The summed E-state index contributed by atoms with van der Waals surface area (Å²) in [7, 11) is 1.57. The number of rotatable bonds is 7. The Labute approximate surface area is 123 Å². The third-order valence-corrected chi connectivity index (χ3v) is 2.80. The first-order chi connectivity index (χ1) is 10.2. The van der Waals surface area contributed by atoms with Crippen LogP contribution in [0.25, 0.3) is 0 Å². The number of methoxy groups -OCH3 is 1. The van der Waals surface area contributed by atoms with Crippen LogP contribution in [0.5, 0.6) is 17.2 Å². The highest BCUT2D eigenvalue weighted by molar-refractivity contribution is 5.43. The van der Waals surface area contributed by atoms with Gasteiger partial charge in [0, 0.05) is 11.8 Å². The van der Waals surface area contributed by atoms with E-state index in [1.807, 2.05) is 12.1 Å². The lowest BCUT2D eigenvalue weighted by Gasteiger charge is -2.15. The summed E-state index contributed by atoms with van der Waals surface area (Å²) < 4.78 is 16.1. The number of hydrogen-bond acceptors (Lipinski definition) is 5. The lowest BCUT2D eigenvalue weighted by atomic mass is 10.3. The number of aliphatic hydroxyl groups excluding tert-OH is 1. The summed E-state index contributed by atoms with van der Waals surface area (Å²) in [5.74, 6) is 1.83. The Morgan fingerprint density at radius 3 is 2.43 bits per heavy atom. The summed E-state index contributed by atoms with van der Waals surface area (Å²) in [5, 5.41) is 9.88. The van der Waals surface area contributed by atoms with Crippen molar-refractivity contribution in [2.24, 2.45) is 0 Å². The van der Waals surface area contributed by atoms with Crippen molar-refractivity contribution >= 4 is 5.69 Å². The Balaban J connectivity index is 1.81. The fourth-order valence-electron chi connectivity index (χ4n) is 1.77. The molecule has 0 saturated heterocycles. The van der Waals surface area contributed by atoms with Crippen LogP contribution in [0.15, 0.2) is 48.5 Å². The van der Waals surface area contributed by atoms with Gasteiger partial charge in [0.1, 0.15) is 25.1 Å². The molecule has 0 saturated carbocycles. The van der Waals surface area contributed by atoms with E-state index >= 15 is 0 Å². The molecule has 3 N–H and O–H groups in total. The smallest absolute Gasteiger partial charge is 0.161 e. The fourth-order valence-corrected chi connectivity index (χ4v) is 1.77. The molecule has 0 heterocycles. The molecule has 21 heavy (non-hydrogen) atoms. The Morgan fingerprint density at radius 1 is 1.00 bits per heavy atom. The van der Waals surface area contributed by atoms with E-state index in [1.165, 1.54) is 0 Å². The van der Waals surface area contributed by atoms with Crippen LogP contribution >= 0.6 is 0 Å². The van der Waals surface area contributed by atoms with Crippen molar-refractivity contribution < 1.29 is 19.3 Å². The van der Waals surface area contributed by atoms with Gasteiger partial charge in [0.15, 0.2) is 11.5 Å². The molecule has 0 radical (unpaired) electrons. The molecule has 2 rings (SSSR count). The number of ether oxygens (including phenoxy) is 3. The van der Waals surface area contributed by atoms with Gasteiger partial charge >= 0.3 is 0 Å². The van der Waals surface area contributed by atoms with Crippen LogP contribution in [0, 0.1) is 0 Å². The summed E-state index contributed by atoms with van der Waals surface area (Å²) in [5.41, 5.74) is 6.27. The van der Waals surface area contributed by atoms with Crippen LogP contribution in [0.1, 0.15) is 0 Å². The molecular formula is C16H19NO4. The molecule has 1 unspecified atom stereocenters. The van der Waals surface area contributed by atoms with Gasteiger partial charge in [-0.2, -0.15) is 0 Å². The highest BCUT2D eigenvalue weighted by Gasteiger charge is 2.09. The largest absolute Gasteiger partial charge is 0.493 e. The molecule has 0 aliphatic carbocycles. The van der Waals surface area contributed by atoms with Crippen LogP contribution in [0.4, 0.5) is 5.69 Å². The normalized spacial score (nSPS) is 11.7. The zero-order chi connectivity index (χ0) is 15.1. The molecular weight excluding hydrogens is 270 g/mol. The van der Waals surface area contributed by atoms with Gasteiger partial charge < -0.3 is 25.1 Å². The lowest BCUT2D eigenvalue weighted by Crippen LogP contribution is -2.25. The second kappa shape index (κ2) is 7.40. The van der Waals surface area contributed by atoms with Gasteiger partial charge in [0.2, 0.25) is 0 Å². The molecule has 0 fully saturated rings. The number of para-hydroxylation sites is 2. The minimum Gasteiger partial charge on any atom is -0.493 e. The standard InChI is InChI=1S/C16H19NO4/c1-19-15-7-2-3-8-16(15)21-11-13(18)10-20-14-6-4-5-12(17)9-14/h2-9,13,18H,10-11,17H2,1H3. The highest BCUT2D eigenvalue weighted by atomic mass is 16.5. The van der Waals surface area contributed by atoms with Gasteiger partial charge in [-0.15, -0.1) is 0 Å². The summed E-state index contributed by atoms with van der Waals surface area (Å²) in [4.78, 5) is 0. The van der Waals surface area contributed by atoms with Crippen molar-refractivity contribution in [2.75, 3.05) is 26.1 Å². The Hall–Kier alpha value is -2.40. The molecule has 5 heteroatoms. The molecule has 0 bridgehead atoms. The van der Waals surface area contributed by atoms with Gasteiger partial charge in [-0.1, -0.05) is 18.2 Å². The van der Waals surface area contributed by atoms with Gasteiger partial charge in [-0.3, -0.25) is 0 Å². The molecule has 2 aromatic carbocycles. The summed E-state index contributed by atoms with van der Waals surface area (Å²) in [6.07, 6.45) is -0.753. The summed E-state index contributed by atoms with van der Waals surface area (Å²) in [6, 6.07) is 14.3. The zero-order valence-electron chi connectivity index (χ0n) is 11.9. The SMILES string of the molecule is COc1ccccc1OCC(O)COc1cccc(N)c1. The average molecular weight is 289 g/mol. The molecule has 5 nitrogen and oxygen atoms in total. The molecule has 112 valence electrons. The predicted octanol–water partition coefficient (Wildman–Crippen LogP) is 2.10. The van der Waals surface area contributed by atoms with Crippen LogP contribution in [-0.2, 0) is 0 Å². The van der Waals surface area contributed by atoms with Crippen molar-refractivity contribution in [3.63, 3.8) is 0 Å². The van der Waals surface area contributed by atoms with Crippen LogP contribution in [0.3, 0.4) is 0 Å². The average Bonchev–Trinajstić information content (AvgIpc) is 2.51.